The van der Waals surface area contributed by atoms with E-state index in [2.05, 4.69) is 15.3 Å². The molecule has 2 rings (SSSR count). The third kappa shape index (κ3) is 3.26. The summed E-state index contributed by atoms with van der Waals surface area (Å²) in [6.45, 7) is 0. The third-order valence-electron chi connectivity index (χ3n) is 2.19. The molecule has 0 radical (unpaired) electrons. The van der Waals surface area contributed by atoms with Crippen molar-refractivity contribution in [1.29, 1.82) is 0 Å². The monoisotopic (exact) mass is 409 g/mol. The highest BCUT2D eigenvalue weighted by molar-refractivity contribution is 14.1. The summed E-state index contributed by atoms with van der Waals surface area (Å²) in [6.07, 6.45) is 1.19. The van der Waals surface area contributed by atoms with E-state index in [-0.39, 0.29) is 27.3 Å². The van der Waals surface area contributed by atoms with Gasteiger partial charge in [0.25, 0.3) is 5.91 Å². The Kier molecular flexibility index (Phi) is 4.43. The van der Waals surface area contributed by atoms with Crippen LogP contribution >= 0.6 is 45.8 Å². The number of hydrogen-bond acceptors (Lipinski definition) is 4. The van der Waals surface area contributed by atoms with Gasteiger partial charge < -0.3 is 10.4 Å². The summed E-state index contributed by atoms with van der Waals surface area (Å²) in [5.74, 6) is -0.312. The first-order chi connectivity index (χ1) is 8.99. The minimum absolute atomic E-state index is 0.0278. The lowest BCUT2D eigenvalue weighted by atomic mass is 10.2. The lowest BCUT2D eigenvalue weighted by Crippen LogP contribution is -2.13. The molecule has 2 aromatic rings. The minimum Gasteiger partial charge on any atom is -0.507 e. The summed E-state index contributed by atoms with van der Waals surface area (Å²) in [4.78, 5) is 19.5. The molecule has 0 fully saturated rings. The van der Waals surface area contributed by atoms with Crippen LogP contribution in [0.5, 0.6) is 5.75 Å². The highest BCUT2D eigenvalue weighted by Crippen LogP contribution is 2.26. The summed E-state index contributed by atoms with van der Waals surface area (Å²) >= 11 is 13.5. The van der Waals surface area contributed by atoms with E-state index in [1.54, 1.807) is 12.1 Å². The molecule has 0 saturated carbocycles. The first kappa shape index (κ1) is 14.3. The number of nitrogens with one attached hydrogen (secondary N) is 1. The Balaban J connectivity index is 2.26. The average Bonchev–Trinajstić information content (AvgIpc) is 2.38. The molecule has 0 atom stereocenters. The number of hydrogen-bond donors (Lipinski definition) is 2. The second-order valence-corrected chi connectivity index (χ2v) is 5.35. The van der Waals surface area contributed by atoms with Gasteiger partial charge in [-0.05, 0) is 40.8 Å². The zero-order valence-corrected chi connectivity index (χ0v) is 12.9. The van der Waals surface area contributed by atoms with Crippen molar-refractivity contribution in [3.63, 3.8) is 0 Å². The summed E-state index contributed by atoms with van der Waals surface area (Å²) in [7, 11) is 0. The molecule has 0 aliphatic carbocycles. The van der Waals surface area contributed by atoms with Gasteiger partial charge in [-0.2, -0.15) is 0 Å². The molecule has 0 saturated heterocycles. The number of aromatic hydroxyl groups is 1. The van der Waals surface area contributed by atoms with E-state index in [1.165, 1.54) is 12.4 Å². The summed E-state index contributed by atoms with van der Waals surface area (Å²) in [5, 5.41) is 12.2. The molecular formula is C11H6Cl2IN3O2. The SMILES string of the molecule is O=C(Nc1ncnc(Cl)c1Cl)c1ccc(I)c(O)c1. The molecule has 0 spiro atoms. The van der Waals surface area contributed by atoms with Crippen molar-refractivity contribution in [1.82, 2.24) is 9.97 Å². The Morgan fingerprint density at radius 2 is 2.05 bits per heavy atom. The first-order valence-corrected chi connectivity index (χ1v) is 6.78. The summed E-state index contributed by atoms with van der Waals surface area (Å²) in [5.41, 5.74) is 0.281. The van der Waals surface area contributed by atoms with E-state index in [4.69, 9.17) is 23.2 Å². The molecular weight excluding hydrogens is 404 g/mol. The van der Waals surface area contributed by atoms with Crippen molar-refractivity contribution >= 4 is 57.5 Å². The fourth-order valence-electron chi connectivity index (χ4n) is 1.27. The van der Waals surface area contributed by atoms with E-state index in [0.717, 1.165) is 0 Å². The minimum atomic E-state index is -0.455. The number of phenols is 1. The van der Waals surface area contributed by atoms with E-state index >= 15 is 0 Å². The van der Waals surface area contributed by atoms with Crippen LogP contribution in [0.2, 0.25) is 10.2 Å². The smallest absolute Gasteiger partial charge is 0.256 e. The zero-order chi connectivity index (χ0) is 14.0. The predicted octanol–water partition coefficient (Wildman–Crippen LogP) is 3.35. The van der Waals surface area contributed by atoms with E-state index in [1.807, 2.05) is 22.6 Å². The summed E-state index contributed by atoms with van der Waals surface area (Å²) in [6, 6.07) is 4.56. The van der Waals surface area contributed by atoms with E-state index in [0.29, 0.717) is 3.57 Å². The van der Waals surface area contributed by atoms with Crippen LogP contribution in [-0.4, -0.2) is 21.0 Å². The van der Waals surface area contributed by atoms with Crippen LogP contribution in [0.4, 0.5) is 5.82 Å². The van der Waals surface area contributed by atoms with Gasteiger partial charge in [0, 0.05) is 5.56 Å². The highest BCUT2D eigenvalue weighted by atomic mass is 127. The van der Waals surface area contributed by atoms with Crippen LogP contribution in [0, 0.1) is 3.57 Å². The predicted molar refractivity (Wildman–Crippen MR) is 80.8 cm³/mol. The maximum Gasteiger partial charge on any atom is 0.256 e. The maximum absolute atomic E-state index is 12.0. The number of amides is 1. The van der Waals surface area contributed by atoms with Crippen LogP contribution < -0.4 is 5.32 Å². The Morgan fingerprint density at radius 3 is 2.74 bits per heavy atom. The van der Waals surface area contributed by atoms with Gasteiger partial charge in [0.2, 0.25) is 0 Å². The molecule has 0 unspecified atom stereocenters. The van der Waals surface area contributed by atoms with Crippen molar-refractivity contribution in [2.24, 2.45) is 0 Å². The number of anilines is 1. The Labute approximate surface area is 132 Å². The van der Waals surface area contributed by atoms with Crippen molar-refractivity contribution in [2.75, 3.05) is 5.32 Å². The van der Waals surface area contributed by atoms with Gasteiger partial charge >= 0.3 is 0 Å². The Hall–Kier alpha value is -1.12. The van der Waals surface area contributed by atoms with Crippen molar-refractivity contribution < 1.29 is 9.90 Å². The Morgan fingerprint density at radius 1 is 1.32 bits per heavy atom. The molecule has 0 aliphatic rings. The van der Waals surface area contributed by atoms with Crippen LogP contribution in [0.3, 0.4) is 0 Å². The number of carbonyl (C=O) groups excluding carboxylic acids is 1. The van der Waals surface area contributed by atoms with Crippen molar-refractivity contribution in [3.05, 3.63) is 43.8 Å². The van der Waals surface area contributed by atoms with Crippen LogP contribution in [0.15, 0.2) is 24.5 Å². The van der Waals surface area contributed by atoms with Crippen LogP contribution in [-0.2, 0) is 0 Å². The van der Waals surface area contributed by atoms with E-state index in [9.17, 15) is 9.90 Å². The number of phenolic OH excluding ortho intramolecular Hbond substituents is 1. The molecule has 98 valence electrons. The average molecular weight is 410 g/mol. The largest absolute Gasteiger partial charge is 0.507 e. The van der Waals surface area contributed by atoms with Crippen LogP contribution in [0.1, 0.15) is 10.4 Å². The van der Waals surface area contributed by atoms with Gasteiger partial charge in [0.05, 0.1) is 3.57 Å². The van der Waals surface area contributed by atoms with Gasteiger partial charge in [-0.3, -0.25) is 4.79 Å². The lowest BCUT2D eigenvalue weighted by Gasteiger charge is -2.07. The lowest BCUT2D eigenvalue weighted by molar-refractivity contribution is 0.102. The molecule has 8 heteroatoms. The molecule has 19 heavy (non-hydrogen) atoms. The molecule has 1 aromatic carbocycles. The fraction of sp³-hybridized carbons (Fsp3) is 0. The maximum atomic E-state index is 12.0. The van der Waals surface area contributed by atoms with Gasteiger partial charge in [0.15, 0.2) is 11.0 Å². The second-order valence-electron chi connectivity index (χ2n) is 3.45. The molecule has 0 aliphatic heterocycles. The number of aromatic nitrogens is 2. The van der Waals surface area contributed by atoms with E-state index < -0.39 is 5.91 Å². The number of carbonyl (C=O) groups is 1. The Bertz CT molecular complexity index is 652. The molecule has 2 N–H and O–H groups in total. The quantitative estimate of drug-likeness (QED) is 0.589. The third-order valence-corrected chi connectivity index (χ3v) is 3.84. The molecule has 1 amide bonds. The van der Waals surface area contributed by atoms with Gasteiger partial charge in [-0.25, -0.2) is 9.97 Å². The molecule has 1 heterocycles. The van der Waals surface area contributed by atoms with Crippen LogP contribution in [0.25, 0.3) is 0 Å². The number of nitrogens with zero attached hydrogens (tertiary/aromatic N) is 2. The second kappa shape index (κ2) is 5.89. The van der Waals surface area contributed by atoms with Gasteiger partial charge in [0.1, 0.15) is 17.1 Å². The van der Waals surface area contributed by atoms with Crippen molar-refractivity contribution in [3.8, 4) is 5.75 Å². The van der Waals surface area contributed by atoms with Gasteiger partial charge in [-0.15, -0.1) is 0 Å². The van der Waals surface area contributed by atoms with Gasteiger partial charge in [-0.1, -0.05) is 23.2 Å². The molecule has 5 nitrogen and oxygen atoms in total. The highest BCUT2D eigenvalue weighted by Gasteiger charge is 2.13. The first-order valence-electron chi connectivity index (χ1n) is 4.95. The zero-order valence-electron chi connectivity index (χ0n) is 9.19. The van der Waals surface area contributed by atoms with Crippen molar-refractivity contribution in [2.45, 2.75) is 0 Å². The normalized spacial score (nSPS) is 10.3. The molecule has 1 aromatic heterocycles. The summed E-state index contributed by atoms with van der Waals surface area (Å²) < 4.78 is 0.650. The molecule has 0 bridgehead atoms. The number of benzene rings is 1. The fourth-order valence-corrected chi connectivity index (χ4v) is 1.88. The standard InChI is InChI=1S/C11H6Cl2IN3O2/c12-8-9(13)15-4-16-10(8)17-11(19)5-1-2-6(14)7(18)3-5/h1-4,18H,(H,15,16,17,19). The topological polar surface area (TPSA) is 75.1 Å². The number of halogens is 3. The number of rotatable bonds is 2.